The van der Waals surface area contributed by atoms with E-state index in [0.29, 0.717) is 6.10 Å². The van der Waals surface area contributed by atoms with E-state index < -0.39 is 0 Å². The molecule has 18 heavy (non-hydrogen) atoms. The van der Waals surface area contributed by atoms with E-state index in [1.54, 1.807) is 0 Å². The van der Waals surface area contributed by atoms with Crippen molar-refractivity contribution in [3.8, 4) is 0 Å². The van der Waals surface area contributed by atoms with Crippen LogP contribution in [0.15, 0.2) is 0 Å². The SMILES string of the molecule is CN(C)C1CCN(CCOC2CCNCC2)CC1. The van der Waals surface area contributed by atoms with E-state index in [2.05, 4.69) is 29.2 Å². The van der Waals surface area contributed by atoms with Crippen molar-refractivity contribution < 1.29 is 4.74 Å². The van der Waals surface area contributed by atoms with Crippen LogP contribution in [-0.4, -0.2) is 75.4 Å². The molecule has 0 unspecified atom stereocenters. The van der Waals surface area contributed by atoms with Gasteiger partial charge in [-0.1, -0.05) is 0 Å². The Bertz CT molecular complexity index is 221. The first kappa shape index (κ1) is 14.3. The summed E-state index contributed by atoms with van der Waals surface area (Å²) in [4.78, 5) is 4.92. The van der Waals surface area contributed by atoms with Crippen LogP contribution in [0.3, 0.4) is 0 Å². The van der Waals surface area contributed by atoms with Crippen LogP contribution in [0.25, 0.3) is 0 Å². The second kappa shape index (κ2) is 7.43. The van der Waals surface area contributed by atoms with Gasteiger partial charge in [0.25, 0.3) is 0 Å². The van der Waals surface area contributed by atoms with E-state index in [1.807, 2.05) is 0 Å². The first-order valence-electron chi connectivity index (χ1n) is 7.47. The summed E-state index contributed by atoms with van der Waals surface area (Å²) in [5, 5.41) is 3.37. The molecule has 0 atom stereocenters. The Labute approximate surface area is 112 Å². The van der Waals surface area contributed by atoms with Crippen LogP contribution in [0.1, 0.15) is 25.7 Å². The van der Waals surface area contributed by atoms with Crippen molar-refractivity contribution in [2.75, 3.05) is 53.4 Å². The van der Waals surface area contributed by atoms with Gasteiger partial charge in [-0.3, -0.25) is 0 Å². The van der Waals surface area contributed by atoms with Gasteiger partial charge in [0.05, 0.1) is 12.7 Å². The zero-order valence-corrected chi connectivity index (χ0v) is 12.0. The highest BCUT2D eigenvalue weighted by molar-refractivity contribution is 4.77. The largest absolute Gasteiger partial charge is 0.377 e. The van der Waals surface area contributed by atoms with Crippen molar-refractivity contribution in [1.82, 2.24) is 15.1 Å². The molecule has 4 nitrogen and oxygen atoms in total. The Morgan fingerprint density at radius 3 is 2.39 bits per heavy atom. The quantitative estimate of drug-likeness (QED) is 0.786. The third-order valence-corrected chi connectivity index (χ3v) is 4.33. The molecule has 2 saturated heterocycles. The van der Waals surface area contributed by atoms with Gasteiger partial charge in [-0.05, 0) is 66.0 Å². The molecule has 4 heteroatoms. The molecule has 0 aromatic carbocycles. The zero-order chi connectivity index (χ0) is 12.8. The molecule has 2 fully saturated rings. The molecule has 0 saturated carbocycles. The highest BCUT2D eigenvalue weighted by Gasteiger charge is 2.20. The average molecular weight is 255 g/mol. The second-order valence-corrected chi connectivity index (χ2v) is 5.86. The molecule has 0 bridgehead atoms. The minimum absolute atomic E-state index is 0.505. The van der Waals surface area contributed by atoms with Crippen molar-refractivity contribution in [2.45, 2.75) is 37.8 Å². The van der Waals surface area contributed by atoms with Crippen LogP contribution < -0.4 is 5.32 Å². The summed E-state index contributed by atoms with van der Waals surface area (Å²) in [6.45, 7) is 6.75. The fraction of sp³-hybridized carbons (Fsp3) is 1.00. The number of likely N-dealkylation sites (tertiary alicyclic amines) is 1. The third kappa shape index (κ3) is 4.50. The van der Waals surface area contributed by atoms with Gasteiger partial charge in [0.1, 0.15) is 0 Å². The summed E-state index contributed by atoms with van der Waals surface area (Å²) in [7, 11) is 4.39. The Kier molecular flexibility index (Phi) is 5.89. The number of ether oxygens (including phenoxy) is 1. The number of nitrogens with one attached hydrogen (secondary N) is 1. The molecule has 2 aliphatic rings. The zero-order valence-electron chi connectivity index (χ0n) is 12.0. The number of rotatable bonds is 5. The molecular formula is C14H29N3O. The molecule has 0 radical (unpaired) electrons. The number of hydrogen-bond acceptors (Lipinski definition) is 4. The van der Waals surface area contributed by atoms with Gasteiger partial charge in [0, 0.05) is 12.6 Å². The Balaban J connectivity index is 1.55. The van der Waals surface area contributed by atoms with Gasteiger partial charge in [-0.2, -0.15) is 0 Å². The Hall–Kier alpha value is -0.160. The molecule has 2 heterocycles. The minimum Gasteiger partial charge on any atom is -0.377 e. The lowest BCUT2D eigenvalue weighted by atomic mass is 10.0. The van der Waals surface area contributed by atoms with E-state index in [9.17, 15) is 0 Å². The summed E-state index contributed by atoms with van der Waals surface area (Å²) in [5.41, 5.74) is 0. The minimum atomic E-state index is 0.505. The maximum absolute atomic E-state index is 5.97. The van der Waals surface area contributed by atoms with Crippen molar-refractivity contribution in [3.05, 3.63) is 0 Å². The van der Waals surface area contributed by atoms with Crippen LogP contribution in [0.5, 0.6) is 0 Å². The highest BCUT2D eigenvalue weighted by atomic mass is 16.5. The van der Waals surface area contributed by atoms with Crippen LogP contribution in [0.4, 0.5) is 0 Å². The summed E-state index contributed by atoms with van der Waals surface area (Å²) >= 11 is 0. The van der Waals surface area contributed by atoms with Gasteiger partial charge in [-0.25, -0.2) is 0 Å². The van der Waals surface area contributed by atoms with Gasteiger partial charge >= 0.3 is 0 Å². The molecule has 106 valence electrons. The number of nitrogens with zero attached hydrogens (tertiary/aromatic N) is 2. The first-order chi connectivity index (χ1) is 8.75. The monoisotopic (exact) mass is 255 g/mol. The van der Waals surface area contributed by atoms with Crippen molar-refractivity contribution in [1.29, 1.82) is 0 Å². The maximum atomic E-state index is 5.97. The van der Waals surface area contributed by atoms with Crippen molar-refractivity contribution in [3.63, 3.8) is 0 Å². The van der Waals surface area contributed by atoms with E-state index in [1.165, 1.54) is 38.8 Å². The van der Waals surface area contributed by atoms with Crippen LogP contribution in [0, 0.1) is 0 Å². The van der Waals surface area contributed by atoms with Crippen molar-refractivity contribution in [2.24, 2.45) is 0 Å². The maximum Gasteiger partial charge on any atom is 0.0600 e. The molecule has 2 rings (SSSR count). The molecule has 0 amide bonds. The summed E-state index contributed by atoms with van der Waals surface area (Å²) in [6.07, 6.45) is 5.48. The van der Waals surface area contributed by atoms with Crippen molar-refractivity contribution >= 4 is 0 Å². The summed E-state index contributed by atoms with van der Waals surface area (Å²) < 4.78 is 5.97. The third-order valence-electron chi connectivity index (χ3n) is 4.33. The van der Waals surface area contributed by atoms with Crippen LogP contribution >= 0.6 is 0 Å². The fourth-order valence-corrected chi connectivity index (χ4v) is 2.97. The predicted molar refractivity (Wildman–Crippen MR) is 75.0 cm³/mol. The van der Waals surface area contributed by atoms with Gasteiger partial charge in [-0.15, -0.1) is 0 Å². The van der Waals surface area contributed by atoms with Crippen LogP contribution in [-0.2, 0) is 4.74 Å². The molecule has 0 aromatic heterocycles. The van der Waals surface area contributed by atoms with E-state index >= 15 is 0 Å². The molecular weight excluding hydrogens is 226 g/mol. The van der Waals surface area contributed by atoms with E-state index in [4.69, 9.17) is 4.74 Å². The van der Waals surface area contributed by atoms with Gasteiger partial charge < -0.3 is 19.9 Å². The highest BCUT2D eigenvalue weighted by Crippen LogP contribution is 2.14. The van der Waals surface area contributed by atoms with Crippen LogP contribution in [0.2, 0.25) is 0 Å². The predicted octanol–water partition coefficient (Wildman–Crippen LogP) is 0.781. The van der Waals surface area contributed by atoms with Gasteiger partial charge in [0.2, 0.25) is 0 Å². The Morgan fingerprint density at radius 1 is 1.11 bits per heavy atom. The molecule has 2 aliphatic heterocycles. The standard InChI is InChI=1S/C14H29N3O/c1-16(2)13-5-9-17(10-6-13)11-12-18-14-3-7-15-8-4-14/h13-15H,3-12H2,1-2H3. The lowest BCUT2D eigenvalue weighted by Crippen LogP contribution is -2.43. The second-order valence-electron chi connectivity index (χ2n) is 5.86. The summed E-state index contributed by atoms with van der Waals surface area (Å²) in [5.74, 6) is 0. The van der Waals surface area contributed by atoms with Gasteiger partial charge in [0.15, 0.2) is 0 Å². The first-order valence-corrected chi connectivity index (χ1v) is 7.47. The lowest BCUT2D eigenvalue weighted by molar-refractivity contribution is 0.0144. The average Bonchev–Trinajstić information content (AvgIpc) is 2.40. The summed E-state index contributed by atoms with van der Waals surface area (Å²) in [6, 6.07) is 0.784. The molecule has 0 spiro atoms. The Morgan fingerprint density at radius 2 is 1.78 bits per heavy atom. The molecule has 1 N–H and O–H groups in total. The number of piperidine rings is 2. The van der Waals surface area contributed by atoms with E-state index in [0.717, 1.165) is 32.3 Å². The normalized spacial score (nSPS) is 24.8. The smallest absolute Gasteiger partial charge is 0.0600 e. The van der Waals surface area contributed by atoms with E-state index in [-0.39, 0.29) is 0 Å². The fourth-order valence-electron chi connectivity index (χ4n) is 2.97. The molecule has 0 aromatic rings. The topological polar surface area (TPSA) is 27.7 Å². The molecule has 0 aliphatic carbocycles. The lowest BCUT2D eigenvalue weighted by Gasteiger charge is -2.35. The number of hydrogen-bond donors (Lipinski definition) is 1.